The molecule has 2 aliphatic rings. The maximum atomic E-state index is 6.14. The number of ether oxygens (including phenoxy) is 2. The molecule has 1 aromatic carbocycles. The van der Waals surface area contributed by atoms with Crippen molar-refractivity contribution >= 4 is 0 Å². The molecule has 0 aliphatic carbocycles. The molecule has 1 atom stereocenters. The predicted molar refractivity (Wildman–Crippen MR) is 97.1 cm³/mol. The van der Waals surface area contributed by atoms with E-state index in [1.807, 2.05) is 12.3 Å². The van der Waals surface area contributed by atoms with Crippen LogP contribution in [0.15, 0.2) is 48.8 Å². The summed E-state index contributed by atoms with van der Waals surface area (Å²) in [5, 5.41) is 0. The van der Waals surface area contributed by atoms with Gasteiger partial charge in [0.05, 0.1) is 18.8 Å². The molecule has 2 aliphatic heterocycles. The second-order valence-corrected chi connectivity index (χ2v) is 7.41. The fourth-order valence-electron chi connectivity index (χ4n) is 3.95. The molecule has 0 saturated carbocycles. The van der Waals surface area contributed by atoms with Crippen LogP contribution < -0.4 is 0 Å². The number of hydrogen-bond acceptors (Lipinski definition) is 4. The van der Waals surface area contributed by atoms with Gasteiger partial charge in [0.25, 0.3) is 0 Å². The highest BCUT2D eigenvalue weighted by Gasteiger charge is 2.52. The van der Waals surface area contributed by atoms with Gasteiger partial charge in [-0.2, -0.15) is 0 Å². The highest BCUT2D eigenvalue weighted by atomic mass is 16.5. The van der Waals surface area contributed by atoms with Gasteiger partial charge < -0.3 is 9.47 Å². The first-order valence-corrected chi connectivity index (χ1v) is 9.12. The van der Waals surface area contributed by atoms with Crippen molar-refractivity contribution in [2.75, 3.05) is 26.3 Å². The van der Waals surface area contributed by atoms with E-state index in [4.69, 9.17) is 9.47 Å². The second-order valence-electron chi connectivity index (χ2n) is 7.41. The summed E-state index contributed by atoms with van der Waals surface area (Å²) in [6.07, 6.45) is 4.76. The standard InChI is InChI=1S/C21H26N2O2/c1-17-4-6-18(7-5-17)12-23-15-21(16-23)20(8-10-25-21)14-24-13-19-3-2-9-22-11-19/h2-7,9,11,20H,8,10,12-16H2,1H3/t20-/m0/s1. The van der Waals surface area contributed by atoms with E-state index < -0.39 is 0 Å². The number of likely N-dealkylation sites (tertiary alicyclic amines) is 1. The number of hydrogen-bond donors (Lipinski definition) is 0. The van der Waals surface area contributed by atoms with E-state index in [-0.39, 0.29) is 5.60 Å². The first-order valence-electron chi connectivity index (χ1n) is 9.12. The van der Waals surface area contributed by atoms with E-state index in [1.165, 1.54) is 11.1 Å². The first-order chi connectivity index (χ1) is 12.2. The van der Waals surface area contributed by atoms with Gasteiger partial charge in [0.15, 0.2) is 0 Å². The first kappa shape index (κ1) is 16.7. The lowest BCUT2D eigenvalue weighted by atomic mass is 9.81. The molecule has 1 aromatic heterocycles. The van der Waals surface area contributed by atoms with E-state index in [9.17, 15) is 0 Å². The van der Waals surface area contributed by atoms with Crippen LogP contribution >= 0.6 is 0 Å². The lowest BCUT2D eigenvalue weighted by molar-refractivity contribution is -0.146. The Bertz CT molecular complexity index is 681. The Morgan fingerprint density at radius 3 is 2.80 bits per heavy atom. The third-order valence-corrected chi connectivity index (χ3v) is 5.42. The van der Waals surface area contributed by atoms with Crippen LogP contribution in [-0.2, 0) is 22.6 Å². The summed E-state index contributed by atoms with van der Waals surface area (Å²) in [6, 6.07) is 12.8. The van der Waals surface area contributed by atoms with Gasteiger partial charge in [0.2, 0.25) is 0 Å². The summed E-state index contributed by atoms with van der Waals surface area (Å²) in [5.41, 5.74) is 3.83. The van der Waals surface area contributed by atoms with Crippen molar-refractivity contribution in [3.63, 3.8) is 0 Å². The fourth-order valence-corrected chi connectivity index (χ4v) is 3.95. The van der Waals surface area contributed by atoms with Crippen molar-refractivity contribution in [1.82, 2.24) is 9.88 Å². The van der Waals surface area contributed by atoms with Crippen molar-refractivity contribution in [2.24, 2.45) is 5.92 Å². The van der Waals surface area contributed by atoms with Gasteiger partial charge in [-0.3, -0.25) is 9.88 Å². The molecule has 2 fully saturated rings. The van der Waals surface area contributed by atoms with E-state index >= 15 is 0 Å². The smallest absolute Gasteiger partial charge is 0.0985 e. The molecule has 0 unspecified atom stereocenters. The third kappa shape index (κ3) is 3.76. The number of aryl methyl sites for hydroxylation is 1. The van der Waals surface area contributed by atoms with Crippen molar-refractivity contribution in [3.05, 3.63) is 65.5 Å². The highest BCUT2D eigenvalue weighted by molar-refractivity contribution is 5.22. The number of rotatable bonds is 6. The molecule has 132 valence electrons. The van der Waals surface area contributed by atoms with Crippen molar-refractivity contribution in [3.8, 4) is 0 Å². The number of aromatic nitrogens is 1. The van der Waals surface area contributed by atoms with Gasteiger partial charge in [-0.1, -0.05) is 35.9 Å². The molecule has 3 heterocycles. The van der Waals surface area contributed by atoms with Gasteiger partial charge in [-0.15, -0.1) is 0 Å². The van der Waals surface area contributed by atoms with Gasteiger partial charge in [0, 0.05) is 44.6 Å². The van der Waals surface area contributed by atoms with Crippen LogP contribution in [-0.4, -0.2) is 41.8 Å². The van der Waals surface area contributed by atoms with Crippen LogP contribution in [0.4, 0.5) is 0 Å². The molecule has 0 N–H and O–H groups in total. The SMILES string of the molecule is Cc1ccc(CN2CC3(C2)OCC[C@H]3COCc2cccnc2)cc1. The average Bonchev–Trinajstić information content (AvgIpc) is 3.01. The van der Waals surface area contributed by atoms with Crippen molar-refractivity contribution in [2.45, 2.75) is 32.1 Å². The van der Waals surface area contributed by atoms with Crippen LogP contribution in [0.1, 0.15) is 23.1 Å². The lowest BCUT2D eigenvalue weighted by Gasteiger charge is -2.50. The molecule has 2 saturated heterocycles. The second kappa shape index (κ2) is 7.24. The molecule has 0 amide bonds. The highest BCUT2D eigenvalue weighted by Crippen LogP contribution is 2.40. The zero-order valence-electron chi connectivity index (χ0n) is 14.9. The average molecular weight is 338 g/mol. The number of benzene rings is 1. The Kier molecular flexibility index (Phi) is 4.84. The van der Waals surface area contributed by atoms with Crippen LogP contribution in [0, 0.1) is 12.8 Å². The van der Waals surface area contributed by atoms with E-state index in [1.54, 1.807) is 6.20 Å². The Morgan fingerprint density at radius 1 is 1.20 bits per heavy atom. The van der Waals surface area contributed by atoms with Crippen LogP contribution in [0.5, 0.6) is 0 Å². The molecule has 4 rings (SSSR count). The maximum absolute atomic E-state index is 6.14. The fraction of sp³-hybridized carbons (Fsp3) is 0.476. The summed E-state index contributed by atoms with van der Waals surface area (Å²) in [4.78, 5) is 6.61. The van der Waals surface area contributed by atoms with Crippen LogP contribution in [0.2, 0.25) is 0 Å². The summed E-state index contributed by atoms with van der Waals surface area (Å²) in [5.74, 6) is 0.499. The van der Waals surface area contributed by atoms with Crippen LogP contribution in [0.25, 0.3) is 0 Å². The predicted octanol–water partition coefficient (Wildman–Crippen LogP) is 3.20. The zero-order valence-corrected chi connectivity index (χ0v) is 14.9. The number of pyridine rings is 1. The Morgan fingerprint density at radius 2 is 2.04 bits per heavy atom. The summed E-state index contributed by atoms with van der Waals surface area (Å²) >= 11 is 0. The minimum Gasteiger partial charge on any atom is -0.376 e. The largest absolute Gasteiger partial charge is 0.376 e. The van der Waals surface area contributed by atoms with Gasteiger partial charge in [-0.25, -0.2) is 0 Å². The molecule has 0 bridgehead atoms. The summed E-state index contributed by atoms with van der Waals surface area (Å²) < 4.78 is 12.1. The zero-order chi connectivity index (χ0) is 17.1. The normalized spacial score (nSPS) is 22.2. The molecular formula is C21H26N2O2. The van der Waals surface area contributed by atoms with Gasteiger partial charge >= 0.3 is 0 Å². The van der Waals surface area contributed by atoms with E-state index in [0.29, 0.717) is 12.5 Å². The molecule has 25 heavy (non-hydrogen) atoms. The Balaban J connectivity index is 1.26. The summed E-state index contributed by atoms with van der Waals surface area (Å²) in [7, 11) is 0. The molecular weight excluding hydrogens is 312 g/mol. The Hall–Kier alpha value is -1.75. The van der Waals surface area contributed by atoms with Crippen molar-refractivity contribution in [1.29, 1.82) is 0 Å². The van der Waals surface area contributed by atoms with Crippen molar-refractivity contribution < 1.29 is 9.47 Å². The molecule has 2 aromatic rings. The Labute approximate surface area is 149 Å². The molecule has 0 radical (unpaired) electrons. The molecule has 1 spiro atoms. The minimum absolute atomic E-state index is 0.0135. The van der Waals surface area contributed by atoms with E-state index in [0.717, 1.165) is 44.8 Å². The quantitative estimate of drug-likeness (QED) is 0.810. The van der Waals surface area contributed by atoms with E-state index in [2.05, 4.69) is 47.1 Å². The van der Waals surface area contributed by atoms with Gasteiger partial charge in [0.1, 0.15) is 0 Å². The van der Waals surface area contributed by atoms with Gasteiger partial charge in [-0.05, 0) is 30.5 Å². The molecule has 4 heteroatoms. The minimum atomic E-state index is 0.0135. The maximum Gasteiger partial charge on any atom is 0.0985 e. The molecule has 4 nitrogen and oxygen atoms in total. The summed E-state index contributed by atoms with van der Waals surface area (Å²) in [6.45, 7) is 7.43. The third-order valence-electron chi connectivity index (χ3n) is 5.42. The lowest BCUT2D eigenvalue weighted by Crippen LogP contribution is -2.64. The topological polar surface area (TPSA) is 34.6 Å². The monoisotopic (exact) mass is 338 g/mol. The number of nitrogens with zero attached hydrogens (tertiary/aromatic N) is 2. The van der Waals surface area contributed by atoms with Crippen LogP contribution in [0.3, 0.4) is 0 Å².